The van der Waals surface area contributed by atoms with Crippen LogP contribution < -0.4 is 10.6 Å². The summed E-state index contributed by atoms with van der Waals surface area (Å²) < 4.78 is -0.245. The van der Waals surface area contributed by atoms with Gasteiger partial charge < -0.3 is 10.6 Å². The van der Waals surface area contributed by atoms with Gasteiger partial charge in [0.25, 0.3) is 0 Å². The maximum absolute atomic E-state index is 13.1. The van der Waals surface area contributed by atoms with Crippen molar-refractivity contribution in [3.63, 3.8) is 0 Å². The summed E-state index contributed by atoms with van der Waals surface area (Å²) in [6.45, 7) is 0. The van der Waals surface area contributed by atoms with Gasteiger partial charge in [-0.2, -0.15) is 0 Å². The van der Waals surface area contributed by atoms with E-state index in [2.05, 4.69) is 34.9 Å². The van der Waals surface area contributed by atoms with Crippen molar-refractivity contribution in [1.82, 2.24) is 10.6 Å². The molecule has 2 heterocycles. The van der Waals surface area contributed by atoms with Crippen LogP contribution in [-0.2, 0) is 4.79 Å². The molecule has 1 aliphatic carbocycles. The van der Waals surface area contributed by atoms with Crippen molar-refractivity contribution >= 4 is 30.1 Å². The average Bonchev–Trinajstić information content (AvgIpc) is 3.16. The Morgan fingerprint density at radius 1 is 1.08 bits per heavy atom. The number of thioether (sulfide) groups is 1. The first-order valence-corrected chi connectivity index (χ1v) is 9.86. The topological polar surface area (TPSA) is 41.1 Å². The van der Waals surface area contributed by atoms with Gasteiger partial charge in [-0.1, -0.05) is 31.0 Å². The van der Waals surface area contributed by atoms with Crippen LogP contribution in [0.2, 0.25) is 0 Å². The van der Waals surface area contributed by atoms with Crippen LogP contribution in [0.3, 0.4) is 0 Å². The molecule has 3 nitrogen and oxygen atoms in total. The zero-order chi connectivity index (χ0) is 15.7. The fraction of sp³-hybridized carbons (Fsp3) is 0.632. The molecule has 24 heavy (non-hydrogen) atoms. The number of carbonyl (C=O) groups excluding carboxylic acids is 1. The van der Waals surface area contributed by atoms with Crippen LogP contribution in [0.5, 0.6) is 0 Å². The second-order valence-electron chi connectivity index (χ2n) is 7.40. The number of benzene rings is 1. The van der Waals surface area contributed by atoms with E-state index in [0.717, 1.165) is 25.7 Å². The molecule has 2 aliphatic heterocycles. The number of hydrogen-bond donors (Lipinski definition) is 2. The molecule has 2 bridgehead atoms. The fourth-order valence-corrected chi connectivity index (χ4v) is 5.92. The monoisotopic (exact) mass is 366 g/mol. The maximum Gasteiger partial charge on any atom is 0.236 e. The molecule has 3 fully saturated rings. The number of halogens is 1. The molecule has 1 saturated carbocycles. The summed E-state index contributed by atoms with van der Waals surface area (Å²) in [5.74, 6) is 0.287. The summed E-state index contributed by atoms with van der Waals surface area (Å²) in [6, 6.07) is 12.0. The van der Waals surface area contributed by atoms with Crippen LogP contribution in [0.1, 0.15) is 51.4 Å². The molecular weight excluding hydrogens is 340 g/mol. The Labute approximate surface area is 155 Å². The molecular formula is C19H27ClN2OS. The Hall–Kier alpha value is -0.710. The molecule has 2 unspecified atom stereocenters. The Balaban J connectivity index is 0.00000169. The molecule has 3 aliphatic rings. The Bertz CT molecular complexity index is 550. The molecule has 2 N–H and O–H groups in total. The first-order valence-electron chi connectivity index (χ1n) is 9.05. The molecule has 1 aromatic rings. The highest BCUT2D eigenvalue weighted by Crippen LogP contribution is 2.45. The maximum atomic E-state index is 13.1. The van der Waals surface area contributed by atoms with Gasteiger partial charge in [0.1, 0.15) is 0 Å². The van der Waals surface area contributed by atoms with Gasteiger partial charge >= 0.3 is 0 Å². The van der Waals surface area contributed by atoms with Crippen LogP contribution >= 0.6 is 24.2 Å². The van der Waals surface area contributed by atoms with Crippen molar-refractivity contribution in [1.29, 1.82) is 0 Å². The standard InChI is InChI=1S/C19H26N2OS.ClH/c22-18(21-16-12-14-8-9-15(13-16)20-14)19(10-4-5-11-19)23-17-6-2-1-3-7-17;/h1-3,6-7,14-16,20H,4-5,8-13H2,(H,21,22);1H. The third-order valence-corrected chi connectivity index (χ3v) is 7.18. The number of fused-ring (bicyclic) bond motifs is 2. The highest BCUT2D eigenvalue weighted by molar-refractivity contribution is 8.01. The molecule has 1 aromatic carbocycles. The quantitative estimate of drug-likeness (QED) is 0.848. The minimum Gasteiger partial charge on any atom is -0.352 e. The molecule has 4 rings (SSSR count). The zero-order valence-corrected chi connectivity index (χ0v) is 15.6. The lowest BCUT2D eigenvalue weighted by Crippen LogP contribution is -2.52. The van der Waals surface area contributed by atoms with Gasteiger partial charge in [0.2, 0.25) is 5.91 Å². The highest BCUT2D eigenvalue weighted by Gasteiger charge is 2.44. The van der Waals surface area contributed by atoms with Crippen molar-refractivity contribution in [2.75, 3.05) is 0 Å². The highest BCUT2D eigenvalue weighted by atomic mass is 35.5. The molecule has 1 amide bonds. The molecule has 0 aromatic heterocycles. The van der Waals surface area contributed by atoms with Gasteiger partial charge in [-0.3, -0.25) is 4.79 Å². The van der Waals surface area contributed by atoms with Crippen LogP contribution in [0, 0.1) is 0 Å². The summed E-state index contributed by atoms with van der Waals surface area (Å²) >= 11 is 1.78. The minimum atomic E-state index is -0.245. The largest absolute Gasteiger partial charge is 0.352 e. The van der Waals surface area contributed by atoms with Gasteiger partial charge in [-0.25, -0.2) is 0 Å². The lowest BCUT2D eigenvalue weighted by Gasteiger charge is -2.34. The van der Waals surface area contributed by atoms with Crippen LogP contribution in [-0.4, -0.2) is 28.8 Å². The van der Waals surface area contributed by atoms with E-state index in [0.29, 0.717) is 18.1 Å². The Morgan fingerprint density at radius 2 is 1.71 bits per heavy atom. The van der Waals surface area contributed by atoms with E-state index in [1.807, 2.05) is 6.07 Å². The van der Waals surface area contributed by atoms with Crippen molar-refractivity contribution in [2.24, 2.45) is 0 Å². The lowest BCUT2D eigenvalue weighted by molar-refractivity contribution is -0.124. The lowest BCUT2D eigenvalue weighted by atomic mass is 9.98. The SMILES string of the molecule is Cl.O=C(NC1CC2CCC(C1)N2)C1(Sc2ccccc2)CCCC1. The number of nitrogens with one attached hydrogen (secondary N) is 2. The third-order valence-electron chi connectivity index (χ3n) is 5.69. The van der Waals surface area contributed by atoms with Gasteiger partial charge in [-0.15, -0.1) is 24.2 Å². The van der Waals surface area contributed by atoms with E-state index in [4.69, 9.17) is 0 Å². The van der Waals surface area contributed by atoms with Crippen molar-refractivity contribution in [2.45, 2.75) is 79.1 Å². The van der Waals surface area contributed by atoms with E-state index in [9.17, 15) is 4.79 Å². The molecule has 132 valence electrons. The molecule has 2 saturated heterocycles. The molecule has 0 spiro atoms. The second-order valence-corrected chi connectivity index (χ2v) is 8.85. The molecule has 2 atom stereocenters. The van der Waals surface area contributed by atoms with E-state index in [1.54, 1.807) is 11.8 Å². The minimum absolute atomic E-state index is 0. The van der Waals surface area contributed by atoms with Crippen LogP contribution in [0.25, 0.3) is 0 Å². The smallest absolute Gasteiger partial charge is 0.236 e. The summed E-state index contributed by atoms with van der Waals surface area (Å²) in [6.07, 6.45) is 9.13. The first-order chi connectivity index (χ1) is 11.2. The van der Waals surface area contributed by atoms with Crippen molar-refractivity contribution in [3.8, 4) is 0 Å². The predicted octanol–water partition coefficient (Wildman–Crippen LogP) is 3.91. The van der Waals surface area contributed by atoms with E-state index in [-0.39, 0.29) is 23.1 Å². The van der Waals surface area contributed by atoms with Crippen LogP contribution in [0.15, 0.2) is 35.2 Å². The van der Waals surface area contributed by atoms with Gasteiger partial charge in [0.15, 0.2) is 0 Å². The van der Waals surface area contributed by atoms with Gasteiger partial charge in [-0.05, 0) is 50.7 Å². The number of rotatable bonds is 4. The van der Waals surface area contributed by atoms with Crippen molar-refractivity contribution < 1.29 is 4.79 Å². The normalized spacial score (nSPS) is 30.6. The summed E-state index contributed by atoms with van der Waals surface area (Å²) in [5.41, 5.74) is 0. The number of hydrogen-bond acceptors (Lipinski definition) is 3. The summed E-state index contributed by atoms with van der Waals surface area (Å²) in [5, 5.41) is 7.08. The number of carbonyl (C=O) groups is 1. The van der Waals surface area contributed by atoms with Gasteiger partial charge in [0.05, 0.1) is 4.75 Å². The van der Waals surface area contributed by atoms with E-state index < -0.39 is 0 Å². The van der Waals surface area contributed by atoms with Crippen molar-refractivity contribution in [3.05, 3.63) is 30.3 Å². The molecule has 0 radical (unpaired) electrons. The molecule has 5 heteroatoms. The number of piperidine rings is 1. The fourth-order valence-electron chi connectivity index (χ4n) is 4.53. The summed E-state index contributed by atoms with van der Waals surface area (Å²) in [7, 11) is 0. The van der Waals surface area contributed by atoms with Crippen LogP contribution in [0.4, 0.5) is 0 Å². The second kappa shape index (κ2) is 7.67. The summed E-state index contributed by atoms with van der Waals surface area (Å²) in [4.78, 5) is 14.3. The predicted molar refractivity (Wildman–Crippen MR) is 102 cm³/mol. The zero-order valence-electron chi connectivity index (χ0n) is 14.0. The van der Waals surface area contributed by atoms with Gasteiger partial charge in [0, 0.05) is 23.0 Å². The average molecular weight is 367 g/mol. The number of amides is 1. The first kappa shape index (κ1) is 18.1. The third kappa shape index (κ3) is 3.76. The Morgan fingerprint density at radius 3 is 2.33 bits per heavy atom. The van der Waals surface area contributed by atoms with E-state index in [1.165, 1.54) is 30.6 Å². The Kier molecular flexibility index (Phi) is 5.78. The van der Waals surface area contributed by atoms with E-state index >= 15 is 0 Å².